The summed E-state index contributed by atoms with van der Waals surface area (Å²) in [5.41, 5.74) is -0.0938. The van der Waals surface area contributed by atoms with Crippen LogP contribution in [0.5, 0.6) is 11.5 Å². The maximum atomic E-state index is 13.0. The van der Waals surface area contributed by atoms with Crippen LogP contribution in [-0.4, -0.2) is 55.8 Å². The molecule has 12 heteroatoms. The Morgan fingerprint density at radius 1 is 1.23 bits per heavy atom. The van der Waals surface area contributed by atoms with Gasteiger partial charge in [0.1, 0.15) is 15.4 Å². The highest BCUT2D eigenvalue weighted by Crippen LogP contribution is 2.41. The van der Waals surface area contributed by atoms with Gasteiger partial charge in [-0.05, 0) is 24.6 Å². The van der Waals surface area contributed by atoms with E-state index in [1.165, 1.54) is 30.7 Å². The molecule has 30 heavy (non-hydrogen) atoms. The van der Waals surface area contributed by atoms with Gasteiger partial charge >= 0.3 is 5.00 Å². The van der Waals surface area contributed by atoms with Gasteiger partial charge in [0.25, 0.3) is 11.8 Å². The predicted octanol–water partition coefficient (Wildman–Crippen LogP) is 2.45. The summed E-state index contributed by atoms with van der Waals surface area (Å²) in [6.07, 6.45) is 0.982. The fourth-order valence-corrected chi connectivity index (χ4v) is 5.01. The predicted molar refractivity (Wildman–Crippen MR) is 108 cm³/mol. The van der Waals surface area contributed by atoms with Crippen molar-refractivity contribution in [2.45, 2.75) is 13.0 Å². The Bertz CT molecular complexity index is 1140. The van der Waals surface area contributed by atoms with Crippen LogP contribution in [0.3, 0.4) is 0 Å². The molecule has 2 aromatic rings. The lowest BCUT2D eigenvalue weighted by Gasteiger charge is -2.26. The second-order valence-corrected chi connectivity index (χ2v) is 9.56. The topological polar surface area (TPSA) is 133 Å². The first kappa shape index (κ1) is 21.7. The Balaban J connectivity index is 2.12. The Kier molecular flexibility index (Phi) is 5.81. The molecule has 0 saturated carbocycles. The first-order valence-corrected chi connectivity index (χ1v) is 11.6. The fourth-order valence-electron chi connectivity index (χ4n) is 3.25. The van der Waals surface area contributed by atoms with E-state index in [2.05, 4.69) is 0 Å². The number of fused-ring (bicyclic) bond motifs is 1. The molecule has 1 aliphatic heterocycles. The number of nitro groups is 1. The van der Waals surface area contributed by atoms with Gasteiger partial charge in [-0.3, -0.25) is 24.6 Å². The summed E-state index contributed by atoms with van der Waals surface area (Å²) in [4.78, 5) is 37.2. The summed E-state index contributed by atoms with van der Waals surface area (Å²) in [5, 5.41) is 12.0. The average molecular weight is 454 g/mol. The molecule has 1 aromatic carbocycles. The number of carbonyl (C=O) groups excluding carboxylic acids is 2. The van der Waals surface area contributed by atoms with Gasteiger partial charge in [-0.15, -0.1) is 0 Å². The van der Waals surface area contributed by atoms with Gasteiger partial charge in [0.05, 0.1) is 36.0 Å². The van der Waals surface area contributed by atoms with Crippen LogP contribution in [0.4, 0.5) is 5.00 Å². The summed E-state index contributed by atoms with van der Waals surface area (Å²) >= 11 is 0.682. The number of thiophene rings is 1. The highest BCUT2D eigenvalue weighted by atomic mass is 32.2. The van der Waals surface area contributed by atoms with E-state index in [-0.39, 0.29) is 11.1 Å². The van der Waals surface area contributed by atoms with E-state index in [1.807, 2.05) is 0 Å². The van der Waals surface area contributed by atoms with Gasteiger partial charge in [0.2, 0.25) is 0 Å². The molecule has 0 fully saturated rings. The molecule has 2 heterocycles. The van der Waals surface area contributed by atoms with Crippen LogP contribution in [0.25, 0.3) is 0 Å². The highest BCUT2D eigenvalue weighted by Gasteiger charge is 2.47. The van der Waals surface area contributed by atoms with Crippen molar-refractivity contribution in [2.75, 3.05) is 25.7 Å². The molecule has 0 radical (unpaired) electrons. The molecule has 0 spiro atoms. The molecule has 1 aromatic heterocycles. The summed E-state index contributed by atoms with van der Waals surface area (Å²) in [6, 6.07) is 3.37. The second kappa shape index (κ2) is 8.03. The van der Waals surface area contributed by atoms with E-state index in [0.717, 1.165) is 11.2 Å². The number of nitrogens with zero attached hydrogens (tertiary/aromatic N) is 2. The van der Waals surface area contributed by atoms with Crippen LogP contribution in [0, 0.1) is 10.1 Å². The normalized spacial score (nSPS) is 14.6. The molecular weight excluding hydrogens is 436 g/mol. The molecular formula is C18H18N2O8S2. The Labute approximate surface area is 176 Å². The third-order valence-electron chi connectivity index (χ3n) is 4.46. The standard InChI is InChI=1S/C18H18N2O8S2/c1-4-28-14-7-10(5-6-13(14)27-2)12(9-30(3,25)26)19-16(21)11-8-29-18(20(23)24)15(11)17(19)22/h5-8,12H,4,9H2,1-3H3/t12-/m0/s1. The quantitative estimate of drug-likeness (QED) is 0.337. The monoisotopic (exact) mass is 454 g/mol. The van der Waals surface area contributed by atoms with Gasteiger partial charge in [0, 0.05) is 11.6 Å². The molecule has 10 nitrogen and oxygen atoms in total. The summed E-state index contributed by atoms with van der Waals surface area (Å²) in [5.74, 6) is -1.52. The number of hydrogen-bond donors (Lipinski definition) is 0. The minimum Gasteiger partial charge on any atom is -0.493 e. The molecule has 0 unspecified atom stereocenters. The summed E-state index contributed by atoms with van der Waals surface area (Å²) in [6.45, 7) is 2.06. The van der Waals surface area contributed by atoms with Crippen LogP contribution < -0.4 is 9.47 Å². The third-order valence-corrected chi connectivity index (χ3v) is 6.32. The molecule has 1 atom stereocenters. The zero-order valence-corrected chi connectivity index (χ0v) is 17.9. The van der Waals surface area contributed by atoms with E-state index >= 15 is 0 Å². The number of rotatable bonds is 8. The van der Waals surface area contributed by atoms with Gasteiger partial charge < -0.3 is 9.47 Å². The zero-order valence-electron chi connectivity index (χ0n) is 16.3. The number of imide groups is 1. The zero-order chi connectivity index (χ0) is 22.2. The number of ether oxygens (including phenoxy) is 2. The van der Waals surface area contributed by atoms with Crippen LogP contribution in [-0.2, 0) is 9.84 Å². The minimum absolute atomic E-state index is 0.103. The fraction of sp³-hybridized carbons (Fsp3) is 0.333. The minimum atomic E-state index is -3.64. The summed E-state index contributed by atoms with van der Waals surface area (Å²) < 4.78 is 34.9. The van der Waals surface area contributed by atoms with E-state index < -0.39 is 43.4 Å². The first-order chi connectivity index (χ1) is 14.1. The van der Waals surface area contributed by atoms with Crippen LogP contribution in [0.2, 0.25) is 0 Å². The molecule has 0 bridgehead atoms. The van der Waals surface area contributed by atoms with Gasteiger partial charge in [-0.1, -0.05) is 17.4 Å². The Morgan fingerprint density at radius 2 is 1.93 bits per heavy atom. The molecule has 0 saturated heterocycles. The number of methoxy groups -OCH3 is 1. The van der Waals surface area contributed by atoms with Crippen molar-refractivity contribution in [3.63, 3.8) is 0 Å². The lowest BCUT2D eigenvalue weighted by atomic mass is 10.1. The SMILES string of the molecule is CCOc1cc([C@H](CS(C)(=O)=O)N2C(=O)c3csc([N+](=O)[O-])c3C2=O)ccc1OC. The lowest BCUT2D eigenvalue weighted by Crippen LogP contribution is -2.38. The second-order valence-electron chi connectivity index (χ2n) is 6.52. The maximum Gasteiger partial charge on any atom is 0.337 e. The van der Waals surface area contributed by atoms with Crippen molar-refractivity contribution in [3.05, 3.63) is 50.4 Å². The number of hydrogen-bond acceptors (Lipinski definition) is 9. The average Bonchev–Trinajstić information content (AvgIpc) is 3.20. The van der Waals surface area contributed by atoms with E-state index in [9.17, 15) is 28.1 Å². The largest absolute Gasteiger partial charge is 0.493 e. The number of benzene rings is 1. The Hall–Kier alpha value is -2.99. The molecule has 160 valence electrons. The first-order valence-electron chi connectivity index (χ1n) is 8.71. The van der Waals surface area contributed by atoms with Crippen molar-refractivity contribution < 1.29 is 32.4 Å². The summed E-state index contributed by atoms with van der Waals surface area (Å²) in [7, 11) is -2.20. The van der Waals surface area contributed by atoms with E-state index in [1.54, 1.807) is 6.92 Å². The molecule has 3 rings (SSSR count). The van der Waals surface area contributed by atoms with Gasteiger partial charge in [0.15, 0.2) is 11.5 Å². The van der Waals surface area contributed by atoms with E-state index in [4.69, 9.17) is 9.47 Å². The molecule has 0 aliphatic carbocycles. The van der Waals surface area contributed by atoms with Crippen LogP contribution in [0.1, 0.15) is 39.2 Å². The van der Waals surface area contributed by atoms with Crippen molar-refractivity contribution in [3.8, 4) is 11.5 Å². The maximum absolute atomic E-state index is 13.0. The number of carbonyl (C=O) groups is 2. The number of amides is 2. The molecule has 2 amide bonds. The van der Waals surface area contributed by atoms with Gasteiger partial charge in [-0.2, -0.15) is 0 Å². The number of sulfone groups is 1. The van der Waals surface area contributed by atoms with Crippen LogP contribution >= 0.6 is 11.3 Å². The highest BCUT2D eigenvalue weighted by molar-refractivity contribution is 7.90. The van der Waals surface area contributed by atoms with Crippen molar-refractivity contribution in [1.29, 1.82) is 0 Å². The van der Waals surface area contributed by atoms with E-state index in [0.29, 0.717) is 35.0 Å². The third kappa shape index (κ3) is 3.87. The van der Waals surface area contributed by atoms with Crippen molar-refractivity contribution >= 4 is 38.0 Å². The molecule has 0 N–H and O–H groups in total. The van der Waals surface area contributed by atoms with Gasteiger partial charge in [-0.25, -0.2) is 8.42 Å². The lowest BCUT2D eigenvalue weighted by molar-refractivity contribution is -0.380. The Morgan fingerprint density at radius 3 is 2.50 bits per heavy atom. The van der Waals surface area contributed by atoms with Crippen LogP contribution in [0.15, 0.2) is 23.6 Å². The van der Waals surface area contributed by atoms with Crippen molar-refractivity contribution in [1.82, 2.24) is 4.90 Å². The molecule has 1 aliphatic rings. The smallest absolute Gasteiger partial charge is 0.337 e. The van der Waals surface area contributed by atoms with Crippen molar-refractivity contribution in [2.24, 2.45) is 0 Å².